The predicted molar refractivity (Wildman–Crippen MR) is 70.9 cm³/mol. The maximum absolute atomic E-state index is 11.9. The monoisotopic (exact) mass is 248 g/mol. The first-order chi connectivity index (χ1) is 8.63. The van der Waals surface area contributed by atoms with Crippen LogP contribution in [0.3, 0.4) is 0 Å². The topological polar surface area (TPSA) is 50.4 Å². The summed E-state index contributed by atoms with van der Waals surface area (Å²) in [5.41, 5.74) is 1.75. The summed E-state index contributed by atoms with van der Waals surface area (Å²) in [6.45, 7) is 5.40. The maximum Gasteiger partial charge on any atom is 0.255 e. The van der Waals surface area contributed by atoms with E-state index >= 15 is 0 Å². The Labute approximate surface area is 108 Å². The highest BCUT2D eigenvalue weighted by molar-refractivity contribution is 5.97. The summed E-state index contributed by atoms with van der Waals surface area (Å²) < 4.78 is 5.54. The van der Waals surface area contributed by atoms with Crippen LogP contribution in [0.25, 0.3) is 0 Å². The van der Waals surface area contributed by atoms with Gasteiger partial charge in [-0.2, -0.15) is 0 Å². The van der Waals surface area contributed by atoms with E-state index < -0.39 is 0 Å². The van der Waals surface area contributed by atoms with Crippen LogP contribution in [0.2, 0.25) is 0 Å². The second-order valence-electron chi connectivity index (χ2n) is 4.87. The lowest BCUT2D eigenvalue weighted by Crippen LogP contribution is -2.25. The Bertz CT molecular complexity index is 443. The van der Waals surface area contributed by atoms with Gasteiger partial charge in [0.25, 0.3) is 5.91 Å². The van der Waals surface area contributed by atoms with Gasteiger partial charge in [-0.15, -0.1) is 0 Å². The highest BCUT2D eigenvalue weighted by Crippen LogP contribution is 2.27. The summed E-state index contributed by atoms with van der Waals surface area (Å²) in [6, 6.07) is 6.09. The van der Waals surface area contributed by atoms with Gasteiger partial charge in [0.05, 0.1) is 12.1 Å². The van der Waals surface area contributed by atoms with Gasteiger partial charge < -0.3 is 15.4 Å². The molecule has 1 aliphatic heterocycles. The van der Waals surface area contributed by atoms with Gasteiger partial charge in [0.2, 0.25) is 0 Å². The van der Waals surface area contributed by atoms with E-state index in [0.29, 0.717) is 30.4 Å². The molecule has 0 aliphatic carbocycles. The Hall–Kier alpha value is -1.55. The highest BCUT2D eigenvalue weighted by Gasteiger charge is 2.20. The molecular weight excluding hydrogens is 228 g/mol. The van der Waals surface area contributed by atoms with Crippen LogP contribution in [0.4, 0.5) is 0 Å². The first kappa shape index (κ1) is 12.9. The van der Waals surface area contributed by atoms with Gasteiger partial charge in [0.15, 0.2) is 0 Å². The van der Waals surface area contributed by atoms with Crippen molar-refractivity contribution in [1.82, 2.24) is 10.6 Å². The Morgan fingerprint density at radius 3 is 2.83 bits per heavy atom. The van der Waals surface area contributed by atoms with E-state index in [1.165, 1.54) is 0 Å². The standard InChI is InChI=1S/C14H20N2O2/c1-9(2)13(15-3)10-4-5-12-11(8-10)14(17)16-6-7-18-12/h4-5,8-9,13,15H,6-7H2,1-3H3,(H,16,17). The third kappa shape index (κ3) is 2.48. The summed E-state index contributed by atoms with van der Waals surface area (Å²) in [5.74, 6) is 1.08. The van der Waals surface area contributed by atoms with E-state index in [-0.39, 0.29) is 11.9 Å². The van der Waals surface area contributed by atoms with Crippen molar-refractivity contribution in [3.05, 3.63) is 29.3 Å². The molecule has 2 rings (SSSR count). The van der Waals surface area contributed by atoms with Crippen LogP contribution in [0.5, 0.6) is 5.75 Å². The number of ether oxygens (including phenoxy) is 1. The van der Waals surface area contributed by atoms with E-state index in [1.807, 2.05) is 25.2 Å². The summed E-state index contributed by atoms with van der Waals surface area (Å²) in [5, 5.41) is 6.11. The van der Waals surface area contributed by atoms with Crippen LogP contribution >= 0.6 is 0 Å². The fourth-order valence-electron chi connectivity index (χ4n) is 2.35. The number of amides is 1. The molecule has 1 aromatic carbocycles. The smallest absolute Gasteiger partial charge is 0.255 e. The number of carbonyl (C=O) groups excluding carboxylic acids is 1. The molecular formula is C14H20N2O2. The molecule has 18 heavy (non-hydrogen) atoms. The second kappa shape index (κ2) is 5.40. The summed E-state index contributed by atoms with van der Waals surface area (Å²) in [4.78, 5) is 11.9. The van der Waals surface area contributed by atoms with Crippen LogP contribution in [0, 0.1) is 5.92 Å². The molecule has 4 heteroatoms. The molecule has 98 valence electrons. The molecule has 0 saturated heterocycles. The Morgan fingerprint density at radius 2 is 2.17 bits per heavy atom. The van der Waals surface area contributed by atoms with Crippen LogP contribution in [0.1, 0.15) is 35.8 Å². The zero-order chi connectivity index (χ0) is 13.1. The zero-order valence-corrected chi connectivity index (χ0v) is 11.1. The number of benzene rings is 1. The fourth-order valence-corrected chi connectivity index (χ4v) is 2.35. The lowest BCUT2D eigenvalue weighted by atomic mass is 9.94. The highest BCUT2D eigenvalue weighted by atomic mass is 16.5. The Kier molecular flexibility index (Phi) is 3.87. The molecule has 1 atom stereocenters. The Balaban J connectivity index is 2.38. The molecule has 1 aliphatic rings. The van der Waals surface area contributed by atoms with Gasteiger partial charge in [-0.25, -0.2) is 0 Å². The number of hydrogen-bond donors (Lipinski definition) is 2. The van der Waals surface area contributed by atoms with Gasteiger partial charge in [-0.05, 0) is 30.7 Å². The molecule has 4 nitrogen and oxygen atoms in total. The van der Waals surface area contributed by atoms with Crippen LogP contribution in [-0.2, 0) is 0 Å². The van der Waals surface area contributed by atoms with E-state index in [4.69, 9.17) is 4.74 Å². The first-order valence-electron chi connectivity index (χ1n) is 6.35. The van der Waals surface area contributed by atoms with Crippen molar-refractivity contribution in [2.75, 3.05) is 20.2 Å². The average Bonchev–Trinajstić information content (AvgIpc) is 2.52. The lowest BCUT2D eigenvalue weighted by molar-refractivity contribution is 0.0957. The molecule has 1 amide bonds. The average molecular weight is 248 g/mol. The van der Waals surface area contributed by atoms with Crippen molar-refractivity contribution in [2.24, 2.45) is 5.92 Å². The van der Waals surface area contributed by atoms with E-state index in [1.54, 1.807) is 0 Å². The zero-order valence-electron chi connectivity index (χ0n) is 11.1. The third-order valence-electron chi connectivity index (χ3n) is 3.23. The number of fused-ring (bicyclic) bond motifs is 1. The number of carbonyl (C=O) groups is 1. The van der Waals surface area contributed by atoms with Crippen LogP contribution in [0.15, 0.2) is 18.2 Å². The molecule has 0 bridgehead atoms. The molecule has 1 unspecified atom stereocenters. The largest absolute Gasteiger partial charge is 0.491 e. The molecule has 0 fully saturated rings. The van der Waals surface area contributed by atoms with Crippen LogP contribution < -0.4 is 15.4 Å². The molecule has 1 aromatic rings. The number of nitrogens with one attached hydrogen (secondary N) is 2. The SMILES string of the molecule is CNC(c1ccc2c(c1)C(=O)NCCO2)C(C)C. The second-order valence-corrected chi connectivity index (χ2v) is 4.87. The number of rotatable bonds is 3. The molecule has 2 N–H and O–H groups in total. The van der Waals surface area contributed by atoms with Crippen molar-refractivity contribution in [2.45, 2.75) is 19.9 Å². The van der Waals surface area contributed by atoms with Crippen LogP contribution in [-0.4, -0.2) is 26.1 Å². The summed E-state index contributed by atoms with van der Waals surface area (Å²) in [6.07, 6.45) is 0. The van der Waals surface area contributed by atoms with Crippen molar-refractivity contribution in [3.8, 4) is 5.75 Å². The number of hydrogen-bond acceptors (Lipinski definition) is 3. The Morgan fingerprint density at radius 1 is 1.39 bits per heavy atom. The normalized spacial score (nSPS) is 16.6. The van der Waals surface area contributed by atoms with Crippen molar-refractivity contribution < 1.29 is 9.53 Å². The van der Waals surface area contributed by atoms with Crippen molar-refractivity contribution in [3.63, 3.8) is 0 Å². The molecule has 0 radical (unpaired) electrons. The van der Waals surface area contributed by atoms with E-state index in [2.05, 4.69) is 24.5 Å². The van der Waals surface area contributed by atoms with Gasteiger partial charge in [0.1, 0.15) is 12.4 Å². The fraction of sp³-hybridized carbons (Fsp3) is 0.500. The van der Waals surface area contributed by atoms with Gasteiger partial charge in [-0.3, -0.25) is 4.79 Å². The minimum atomic E-state index is -0.0528. The van der Waals surface area contributed by atoms with E-state index in [0.717, 1.165) is 5.56 Å². The molecule has 0 aromatic heterocycles. The van der Waals surface area contributed by atoms with Gasteiger partial charge >= 0.3 is 0 Å². The minimum absolute atomic E-state index is 0.0528. The maximum atomic E-state index is 11.9. The van der Waals surface area contributed by atoms with Crippen molar-refractivity contribution in [1.29, 1.82) is 0 Å². The van der Waals surface area contributed by atoms with Gasteiger partial charge in [0, 0.05) is 6.04 Å². The molecule has 1 heterocycles. The van der Waals surface area contributed by atoms with E-state index in [9.17, 15) is 4.79 Å². The predicted octanol–water partition coefficient (Wildman–Crippen LogP) is 1.73. The summed E-state index contributed by atoms with van der Waals surface area (Å²) >= 11 is 0. The van der Waals surface area contributed by atoms with Gasteiger partial charge in [-0.1, -0.05) is 19.9 Å². The molecule has 0 spiro atoms. The van der Waals surface area contributed by atoms with Crippen molar-refractivity contribution >= 4 is 5.91 Å². The first-order valence-corrected chi connectivity index (χ1v) is 6.35. The summed E-state index contributed by atoms with van der Waals surface area (Å²) in [7, 11) is 1.94. The third-order valence-corrected chi connectivity index (χ3v) is 3.23. The minimum Gasteiger partial charge on any atom is -0.491 e. The quantitative estimate of drug-likeness (QED) is 0.856. The lowest BCUT2D eigenvalue weighted by Gasteiger charge is -2.21. The molecule has 0 saturated carbocycles.